The average Bonchev–Trinajstić information content (AvgIpc) is 2.49. The summed E-state index contributed by atoms with van der Waals surface area (Å²) in [5, 5.41) is 3.16. The first-order valence-corrected chi connectivity index (χ1v) is 5.86. The van der Waals surface area contributed by atoms with Gasteiger partial charge < -0.3 is 15.0 Å². The van der Waals surface area contributed by atoms with Crippen molar-refractivity contribution in [1.82, 2.24) is 10.2 Å². The lowest BCUT2D eigenvalue weighted by molar-refractivity contribution is 0.109. The Balaban J connectivity index is 0.000000146. The van der Waals surface area contributed by atoms with Crippen molar-refractivity contribution < 1.29 is 4.74 Å². The highest BCUT2D eigenvalue weighted by Crippen LogP contribution is 2.06. The molecule has 0 aliphatic carbocycles. The molecule has 2 aliphatic rings. The largest absolute Gasteiger partial charge is 0.379 e. The lowest BCUT2D eigenvalue weighted by atomic mass is 10.2. The Morgan fingerprint density at radius 3 is 1.86 bits per heavy atom. The van der Waals surface area contributed by atoms with Gasteiger partial charge in [0.1, 0.15) is 0 Å². The minimum Gasteiger partial charge on any atom is -0.379 e. The first-order valence-electron chi connectivity index (χ1n) is 5.86. The maximum Gasteiger partial charge on any atom is 0.0591 e. The number of nitrogens with one attached hydrogen (secondary N) is 1. The molecule has 0 atom stereocenters. The third-order valence-electron chi connectivity index (χ3n) is 2.68. The van der Waals surface area contributed by atoms with Crippen molar-refractivity contribution in [3.63, 3.8) is 0 Å². The van der Waals surface area contributed by atoms with E-state index in [1.807, 2.05) is 0 Å². The zero-order valence-electron chi connectivity index (χ0n) is 9.43. The highest BCUT2D eigenvalue weighted by Gasteiger charge is 2.01. The summed E-state index contributed by atoms with van der Waals surface area (Å²) in [5.41, 5.74) is 0. The molecule has 0 amide bonds. The third kappa shape index (κ3) is 6.35. The van der Waals surface area contributed by atoms with Gasteiger partial charge in [-0.3, -0.25) is 0 Å². The van der Waals surface area contributed by atoms with E-state index in [0.717, 1.165) is 26.3 Å². The summed E-state index contributed by atoms with van der Waals surface area (Å²) in [6, 6.07) is 0. The zero-order chi connectivity index (χ0) is 10.1. The van der Waals surface area contributed by atoms with Crippen LogP contribution >= 0.6 is 0 Å². The number of nitrogens with zero attached hydrogens (tertiary/aromatic N) is 1. The SMILES string of the molecule is C1COCCN1.CN1CCCCCC1. The van der Waals surface area contributed by atoms with Gasteiger partial charge in [-0.05, 0) is 33.0 Å². The predicted octanol–water partition coefficient (Wildman–Crippen LogP) is 1.10. The number of hydrogen-bond acceptors (Lipinski definition) is 3. The first-order chi connectivity index (χ1) is 6.89. The molecule has 1 N–H and O–H groups in total. The third-order valence-corrected chi connectivity index (χ3v) is 2.68. The molecule has 0 aromatic carbocycles. The molecule has 2 aliphatic heterocycles. The second-order valence-corrected chi connectivity index (χ2v) is 4.08. The molecule has 0 bridgehead atoms. The van der Waals surface area contributed by atoms with Gasteiger partial charge in [0.2, 0.25) is 0 Å². The number of hydrogen-bond donors (Lipinski definition) is 1. The molecule has 84 valence electrons. The summed E-state index contributed by atoms with van der Waals surface area (Å²) in [5.74, 6) is 0. The molecular formula is C11H24N2O. The van der Waals surface area contributed by atoms with Crippen molar-refractivity contribution in [2.75, 3.05) is 46.4 Å². The standard InChI is InChI=1S/C7H15N.C4H9NO/c1-8-6-4-2-3-5-7-8;1-3-6-4-2-5-1/h2-7H2,1H3;5H,1-4H2. The van der Waals surface area contributed by atoms with Crippen LogP contribution in [0.15, 0.2) is 0 Å². The number of morpholine rings is 1. The van der Waals surface area contributed by atoms with Crippen LogP contribution in [0.25, 0.3) is 0 Å². The van der Waals surface area contributed by atoms with E-state index < -0.39 is 0 Å². The van der Waals surface area contributed by atoms with Gasteiger partial charge in [0.05, 0.1) is 13.2 Å². The summed E-state index contributed by atoms with van der Waals surface area (Å²) in [7, 11) is 2.21. The Morgan fingerprint density at radius 2 is 1.50 bits per heavy atom. The highest BCUT2D eigenvalue weighted by molar-refractivity contribution is 4.57. The van der Waals surface area contributed by atoms with Crippen molar-refractivity contribution in [2.45, 2.75) is 25.7 Å². The van der Waals surface area contributed by atoms with Crippen LogP contribution in [-0.4, -0.2) is 51.3 Å². The van der Waals surface area contributed by atoms with Crippen LogP contribution in [0.3, 0.4) is 0 Å². The molecular weight excluding hydrogens is 176 g/mol. The van der Waals surface area contributed by atoms with Crippen molar-refractivity contribution >= 4 is 0 Å². The Morgan fingerprint density at radius 1 is 0.929 bits per heavy atom. The molecule has 0 unspecified atom stereocenters. The topological polar surface area (TPSA) is 24.5 Å². The van der Waals surface area contributed by atoms with Crippen LogP contribution in [0.2, 0.25) is 0 Å². The smallest absolute Gasteiger partial charge is 0.0591 e. The van der Waals surface area contributed by atoms with Crippen molar-refractivity contribution in [3.8, 4) is 0 Å². The maximum absolute atomic E-state index is 5.01. The summed E-state index contributed by atoms with van der Waals surface area (Å²) in [6.07, 6.45) is 5.72. The molecule has 0 saturated carbocycles. The lowest BCUT2D eigenvalue weighted by Gasteiger charge is -2.10. The van der Waals surface area contributed by atoms with Gasteiger partial charge in [0.25, 0.3) is 0 Å². The molecule has 2 saturated heterocycles. The molecule has 2 fully saturated rings. The van der Waals surface area contributed by atoms with E-state index in [0.29, 0.717) is 0 Å². The molecule has 2 heterocycles. The van der Waals surface area contributed by atoms with E-state index in [1.165, 1.54) is 38.8 Å². The van der Waals surface area contributed by atoms with Gasteiger partial charge in [-0.2, -0.15) is 0 Å². The van der Waals surface area contributed by atoms with Crippen molar-refractivity contribution in [2.24, 2.45) is 0 Å². The minimum atomic E-state index is 0.889. The molecule has 3 heteroatoms. The molecule has 14 heavy (non-hydrogen) atoms. The van der Waals surface area contributed by atoms with Gasteiger partial charge in [-0.15, -0.1) is 0 Å². The fourth-order valence-corrected chi connectivity index (χ4v) is 1.74. The van der Waals surface area contributed by atoms with Crippen molar-refractivity contribution in [3.05, 3.63) is 0 Å². The van der Waals surface area contributed by atoms with Crippen LogP contribution in [-0.2, 0) is 4.74 Å². The number of rotatable bonds is 0. The van der Waals surface area contributed by atoms with Crippen LogP contribution in [0.5, 0.6) is 0 Å². The predicted molar refractivity (Wildman–Crippen MR) is 59.7 cm³/mol. The Hall–Kier alpha value is -0.120. The van der Waals surface area contributed by atoms with E-state index in [-0.39, 0.29) is 0 Å². The maximum atomic E-state index is 5.01. The van der Waals surface area contributed by atoms with Gasteiger partial charge in [0, 0.05) is 13.1 Å². The van der Waals surface area contributed by atoms with Gasteiger partial charge >= 0.3 is 0 Å². The van der Waals surface area contributed by atoms with Crippen LogP contribution in [0, 0.1) is 0 Å². The molecule has 2 rings (SSSR count). The van der Waals surface area contributed by atoms with E-state index in [2.05, 4.69) is 17.3 Å². The molecule has 3 nitrogen and oxygen atoms in total. The monoisotopic (exact) mass is 200 g/mol. The second-order valence-electron chi connectivity index (χ2n) is 4.08. The van der Waals surface area contributed by atoms with Crippen LogP contribution in [0.4, 0.5) is 0 Å². The van der Waals surface area contributed by atoms with Gasteiger partial charge in [-0.1, -0.05) is 12.8 Å². The van der Waals surface area contributed by atoms with E-state index in [1.54, 1.807) is 0 Å². The van der Waals surface area contributed by atoms with Gasteiger partial charge in [0.15, 0.2) is 0 Å². The van der Waals surface area contributed by atoms with E-state index >= 15 is 0 Å². The fraction of sp³-hybridized carbons (Fsp3) is 1.00. The zero-order valence-corrected chi connectivity index (χ0v) is 9.43. The highest BCUT2D eigenvalue weighted by atomic mass is 16.5. The molecule has 0 spiro atoms. The summed E-state index contributed by atoms with van der Waals surface area (Å²) >= 11 is 0. The number of ether oxygens (including phenoxy) is 1. The average molecular weight is 200 g/mol. The summed E-state index contributed by atoms with van der Waals surface area (Å²) in [6.45, 7) is 6.47. The quantitative estimate of drug-likeness (QED) is 0.634. The normalized spacial score (nSPS) is 24.6. The molecule has 0 aromatic rings. The summed E-state index contributed by atoms with van der Waals surface area (Å²) < 4.78 is 5.01. The van der Waals surface area contributed by atoms with Gasteiger partial charge in [-0.25, -0.2) is 0 Å². The Labute approximate surface area is 87.8 Å². The first kappa shape index (κ1) is 12.0. The van der Waals surface area contributed by atoms with Crippen LogP contribution < -0.4 is 5.32 Å². The molecule has 0 radical (unpaired) electrons. The molecule has 0 aromatic heterocycles. The summed E-state index contributed by atoms with van der Waals surface area (Å²) in [4.78, 5) is 2.42. The Bertz CT molecular complexity index is 107. The van der Waals surface area contributed by atoms with E-state index in [9.17, 15) is 0 Å². The Kier molecular flexibility index (Phi) is 7.01. The number of likely N-dealkylation sites (tertiary alicyclic amines) is 1. The minimum absolute atomic E-state index is 0.889. The fourth-order valence-electron chi connectivity index (χ4n) is 1.74. The van der Waals surface area contributed by atoms with Crippen molar-refractivity contribution in [1.29, 1.82) is 0 Å². The van der Waals surface area contributed by atoms with E-state index in [4.69, 9.17) is 4.74 Å². The second kappa shape index (κ2) is 8.21. The van der Waals surface area contributed by atoms with Crippen LogP contribution in [0.1, 0.15) is 25.7 Å². The lowest BCUT2D eigenvalue weighted by Crippen LogP contribution is -2.30.